The molecule has 6 nitrogen and oxygen atoms in total. The summed E-state index contributed by atoms with van der Waals surface area (Å²) in [6.07, 6.45) is 4.12. The van der Waals surface area contributed by atoms with E-state index in [1.54, 1.807) is 0 Å². The fraction of sp³-hybridized carbons (Fsp3) is 0.625. The number of rotatable bonds is 5. The monoisotopic (exact) mass is 303 g/mol. The van der Waals surface area contributed by atoms with Crippen molar-refractivity contribution >= 4 is 0 Å². The zero-order chi connectivity index (χ0) is 15.5. The normalized spacial score (nSPS) is 19.7. The number of nitrogens with zero attached hydrogens (tertiary/aromatic N) is 5. The average molecular weight is 303 g/mol. The minimum Gasteiger partial charge on any atom is -0.374 e. The molecule has 0 radical (unpaired) electrons. The van der Waals surface area contributed by atoms with Crippen LogP contribution < -0.4 is 0 Å². The fourth-order valence-corrected chi connectivity index (χ4v) is 3.07. The highest BCUT2D eigenvalue weighted by molar-refractivity contribution is 5.06. The van der Waals surface area contributed by atoms with E-state index in [0.717, 1.165) is 50.8 Å². The van der Waals surface area contributed by atoms with Crippen LogP contribution in [0.25, 0.3) is 0 Å². The van der Waals surface area contributed by atoms with Crippen molar-refractivity contribution in [1.82, 2.24) is 24.2 Å². The molecule has 0 bridgehead atoms. The molecular weight excluding hydrogens is 278 g/mol. The van der Waals surface area contributed by atoms with Gasteiger partial charge in [-0.05, 0) is 26.8 Å². The van der Waals surface area contributed by atoms with Gasteiger partial charge in [0.15, 0.2) is 0 Å². The first-order valence-electron chi connectivity index (χ1n) is 8.00. The van der Waals surface area contributed by atoms with Gasteiger partial charge in [-0.15, -0.1) is 0 Å². The summed E-state index contributed by atoms with van der Waals surface area (Å²) in [5.74, 6) is 1.13. The number of aromatic nitrogens is 4. The molecule has 3 heterocycles. The van der Waals surface area contributed by atoms with Crippen LogP contribution in [0.5, 0.6) is 0 Å². The lowest BCUT2D eigenvalue weighted by Crippen LogP contribution is -2.44. The highest BCUT2D eigenvalue weighted by Crippen LogP contribution is 2.12. The zero-order valence-electron chi connectivity index (χ0n) is 13.7. The number of imidazole rings is 1. The third-order valence-corrected chi connectivity index (χ3v) is 4.21. The standard InChI is InChI=1S/C16H25N5O/c1-4-20-6-5-17-16(20)12-19-7-8-22-15(10-19)11-21-14(3)9-13(2)18-21/h5-6,9,15H,4,7-8,10-12H2,1-3H3/t15-/m0/s1. The lowest BCUT2D eigenvalue weighted by molar-refractivity contribution is -0.0414. The van der Waals surface area contributed by atoms with E-state index in [-0.39, 0.29) is 6.10 Å². The number of ether oxygens (including phenoxy) is 1. The van der Waals surface area contributed by atoms with Crippen molar-refractivity contribution in [3.05, 3.63) is 35.7 Å². The molecule has 6 heteroatoms. The van der Waals surface area contributed by atoms with Gasteiger partial charge in [0.1, 0.15) is 5.82 Å². The predicted molar refractivity (Wildman–Crippen MR) is 84.6 cm³/mol. The van der Waals surface area contributed by atoms with Crippen LogP contribution in [0.3, 0.4) is 0 Å². The van der Waals surface area contributed by atoms with Gasteiger partial charge in [0.25, 0.3) is 0 Å². The van der Waals surface area contributed by atoms with Crippen molar-refractivity contribution in [3.8, 4) is 0 Å². The molecule has 0 spiro atoms. The predicted octanol–water partition coefficient (Wildman–Crippen LogP) is 1.62. The highest BCUT2D eigenvalue weighted by Gasteiger charge is 2.22. The topological polar surface area (TPSA) is 48.1 Å². The van der Waals surface area contributed by atoms with Crippen molar-refractivity contribution in [2.45, 2.75) is 46.5 Å². The van der Waals surface area contributed by atoms with Crippen molar-refractivity contribution < 1.29 is 4.74 Å². The molecule has 1 aliphatic rings. The first-order valence-corrected chi connectivity index (χ1v) is 8.00. The van der Waals surface area contributed by atoms with Gasteiger partial charge in [-0.3, -0.25) is 9.58 Å². The Labute approximate surface area is 131 Å². The van der Waals surface area contributed by atoms with Gasteiger partial charge >= 0.3 is 0 Å². The summed E-state index contributed by atoms with van der Waals surface area (Å²) in [6, 6.07) is 2.11. The summed E-state index contributed by atoms with van der Waals surface area (Å²) in [7, 11) is 0. The Bertz CT molecular complexity index is 618. The van der Waals surface area contributed by atoms with E-state index in [1.165, 1.54) is 5.69 Å². The molecule has 1 atom stereocenters. The van der Waals surface area contributed by atoms with Crippen molar-refractivity contribution in [1.29, 1.82) is 0 Å². The van der Waals surface area contributed by atoms with E-state index in [1.807, 2.05) is 19.3 Å². The highest BCUT2D eigenvalue weighted by atomic mass is 16.5. The second kappa shape index (κ2) is 6.62. The SMILES string of the molecule is CCn1ccnc1CN1CCO[C@H](Cn2nc(C)cc2C)C1. The number of aryl methyl sites for hydroxylation is 3. The lowest BCUT2D eigenvalue weighted by atomic mass is 10.2. The van der Waals surface area contributed by atoms with Crippen molar-refractivity contribution in [2.75, 3.05) is 19.7 Å². The number of morpholine rings is 1. The smallest absolute Gasteiger partial charge is 0.122 e. The fourth-order valence-electron chi connectivity index (χ4n) is 3.07. The van der Waals surface area contributed by atoms with Gasteiger partial charge in [0.05, 0.1) is 31.5 Å². The summed E-state index contributed by atoms with van der Waals surface area (Å²) in [5, 5.41) is 4.53. The largest absolute Gasteiger partial charge is 0.374 e. The molecule has 2 aromatic heterocycles. The van der Waals surface area contributed by atoms with Crippen LogP contribution in [-0.4, -0.2) is 50.0 Å². The Morgan fingerprint density at radius 3 is 2.95 bits per heavy atom. The van der Waals surface area contributed by atoms with E-state index in [0.29, 0.717) is 0 Å². The molecule has 1 fully saturated rings. The van der Waals surface area contributed by atoms with Crippen LogP contribution in [0.15, 0.2) is 18.5 Å². The second-order valence-electron chi connectivity index (χ2n) is 5.97. The van der Waals surface area contributed by atoms with E-state index in [4.69, 9.17) is 4.74 Å². The molecule has 1 aliphatic heterocycles. The van der Waals surface area contributed by atoms with Crippen LogP contribution >= 0.6 is 0 Å². The Morgan fingerprint density at radius 1 is 1.36 bits per heavy atom. The molecule has 0 N–H and O–H groups in total. The lowest BCUT2D eigenvalue weighted by Gasteiger charge is -2.32. The molecule has 3 rings (SSSR count). The zero-order valence-corrected chi connectivity index (χ0v) is 13.7. The second-order valence-corrected chi connectivity index (χ2v) is 5.97. The minimum atomic E-state index is 0.191. The third-order valence-electron chi connectivity index (χ3n) is 4.21. The molecule has 1 saturated heterocycles. The van der Waals surface area contributed by atoms with Crippen LogP contribution in [0.1, 0.15) is 24.1 Å². The molecular formula is C16H25N5O. The van der Waals surface area contributed by atoms with Gasteiger partial charge in [-0.25, -0.2) is 4.98 Å². The Hall–Kier alpha value is -1.66. The Morgan fingerprint density at radius 2 is 2.23 bits per heavy atom. The average Bonchev–Trinajstić information content (AvgIpc) is 3.06. The quantitative estimate of drug-likeness (QED) is 0.842. The van der Waals surface area contributed by atoms with Gasteiger partial charge in [-0.1, -0.05) is 0 Å². The van der Waals surface area contributed by atoms with Gasteiger partial charge in [-0.2, -0.15) is 5.10 Å². The summed E-state index contributed by atoms with van der Waals surface area (Å²) in [5.41, 5.74) is 2.26. The van der Waals surface area contributed by atoms with E-state index < -0.39 is 0 Å². The van der Waals surface area contributed by atoms with Crippen LogP contribution in [-0.2, 0) is 24.4 Å². The number of hydrogen-bond donors (Lipinski definition) is 0. The van der Waals surface area contributed by atoms with E-state index >= 15 is 0 Å². The first-order chi connectivity index (χ1) is 10.7. The van der Waals surface area contributed by atoms with Gasteiger partial charge < -0.3 is 9.30 Å². The van der Waals surface area contributed by atoms with E-state index in [9.17, 15) is 0 Å². The van der Waals surface area contributed by atoms with Gasteiger partial charge in [0, 0.05) is 37.7 Å². The Balaban J connectivity index is 1.60. The van der Waals surface area contributed by atoms with Crippen molar-refractivity contribution in [3.63, 3.8) is 0 Å². The minimum absolute atomic E-state index is 0.191. The van der Waals surface area contributed by atoms with Crippen molar-refractivity contribution in [2.24, 2.45) is 0 Å². The molecule has 22 heavy (non-hydrogen) atoms. The van der Waals surface area contributed by atoms with Crippen LogP contribution in [0, 0.1) is 13.8 Å². The molecule has 0 aromatic carbocycles. The molecule has 0 amide bonds. The molecule has 120 valence electrons. The number of hydrogen-bond acceptors (Lipinski definition) is 4. The Kier molecular flexibility index (Phi) is 4.59. The summed E-state index contributed by atoms with van der Waals surface area (Å²) < 4.78 is 10.2. The van der Waals surface area contributed by atoms with Crippen LogP contribution in [0.2, 0.25) is 0 Å². The maximum Gasteiger partial charge on any atom is 0.122 e. The summed E-state index contributed by atoms with van der Waals surface area (Å²) >= 11 is 0. The molecule has 0 unspecified atom stereocenters. The third kappa shape index (κ3) is 3.39. The first kappa shape index (κ1) is 15.2. The van der Waals surface area contributed by atoms with Crippen LogP contribution in [0.4, 0.5) is 0 Å². The molecule has 0 saturated carbocycles. The molecule has 2 aromatic rings. The maximum atomic E-state index is 5.92. The summed E-state index contributed by atoms with van der Waals surface area (Å²) in [6.45, 7) is 11.6. The van der Waals surface area contributed by atoms with Gasteiger partial charge in [0.2, 0.25) is 0 Å². The molecule has 0 aliphatic carbocycles. The van der Waals surface area contributed by atoms with E-state index in [2.05, 4.69) is 44.1 Å². The summed E-state index contributed by atoms with van der Waals surface area (Å²) in [4.78, 5) is 6.90. The maximum absolute atomic E-state index is 5.92.